The van der Waals surface area contributed by atoms with Crippen molar-refractivity contribution in [3.05, 3.63) is 23.8 Å². The van der Waals surface area contributed by atoms with Crippen LogP contribution in [0.5, 0.6) is 0 Å². The summed E-state index contributed by atoms with van der Waals surface area (Å²) in [4.78, 5) is 14.3. The van der Waals surface area contributed by atoms with E-state index in [0.717, 1.165) is 38.2 Å². The lowest BCUT2D eigenvalue weighted by atomic mass is 10.1. The topological polar surface area (TPSA) is 44.4 Å². The molecule has 1 aromatic rings. The van der Waals surface area contributed by atoms with Crippen LogP contribution in [0.1, 0.15) is 31.7 Å². The van der Waals surface area contributed by atoms with Gasteiger partial charge in [-0.2, -0.15) is 11.8 Å². The third kappa shape index (κ3) is 5.13. The van der Waals surface area contributed by atoms with Crippen molar-refractivity contribution < 1.29 is 4.79 Å². The van der Waals surface area contributed by atoms with E-state index < -0.39 is 0 Å². The molecule has 0 aromatic heterocycles. The number of aryl methyl sites for hydroxylation is 1. The molecule has 1 aliphatic rings. The fourth-order valence-corrected chi connectivity index (χ4v) is 3.55. The van der Waals surface area contributed by atoms with Gasteiger partial charge in [0.2, 0.25) is 0 Å². The highest BCUT2D eigenvalue weighted by molar-refractivity contribution is 7.99. The Bertz CT molecular complexity index is 487. The van der Waals surface area contributed by atoms with E-state index >= 15 is 0 Å². The highest BCUT2D eigenvalue weighted by Gasteiger charge is 2.13. The number of urea groups is 1. The zero-order chi connectivity index (χ0) is 15.8. The molecule has 4 nitrogen and oxygen atoms in total. The number of carbonyl (C=O) groups is 1. The number of rotatable bonds is 6. The highest BCUT2D eigenvalue weighted by atomic mass is 32.2. The molecule has 0 spiro atoms. The minimum atomic E-state index is -0.113. The van der Waals surface area contributed by atoms with E-state index in [-0.39, 0.29) is 6.03 Å². The quantitative estimate of drug-likeness (QED) is 0.782. The molecule has 0 bridgehead atoms. The minimum absolute atomic E-state index is 0.113. The van der Waals surface area contributed by atoms with Gasteiger partial charge in [-0.15, -0.1) is 0 Å². The molecule has 5 heteroatoms. The number of benzene rings is 1. The van der Waals surface area contributed by atoms with Crippen LogP contribution in [-0.2, 0) is 0 Å². The molecule has 0 atom stereocenters. The summed E-state index contributed by atoms with van der Waals surface area (Å²) >= 11 is 2.01. The molecule has 1 heterocycles. The van der Waals surface area contributed by atoms with Crippen molar-refractivity contribution in [1.82, 2.24) is 5.32 Å². The van der Waals surface area contributed by atoms with E-state index in [1.165, 1.54) is 29.2 Å². The Morgan fingerprint density at radius 3 is 2.73 bits per heavy atom. The maximum absolute atomic E-state index is 11.8. The molecule has 22 heavy (non-hydrogen) atoms. The van der Waals surface area contributed by atoms with Gasteiger partial charge in [-0.3, -0.25) is 0 Å². The fraction of sp³-hybridized carbons (Fsp3) is 0.588. The average Bonchev–Trinajstić information content (AvgIpc) is 2.52. The summed E-state index contributed by atoms with van der Waals surface area (Å²) in [7, 11) is 0. The van der Waals surface area contributed by atoms with Crippen LogP contribution in [0.15, 0.2) is 18.2 Å². The van der Waals surface area contributed by atoms with Gasteiger partial charge in [0.15, 0.2) is 0 Å². The van der Waals surface area contributed by atoms with Crippen LogP contribution in [0.2, 0.25) is 0 Å². The van der Waals surface area contributed by atoms with Crippen LogP contribution in [0.25, 0.3) is 0 Å². The predicted molar refractivity (Wildman–Crippen MR) is 97.3 cm³/mol. The van der Waals surface area contributed by atoms with E-state index in [2.05, 4.69) is 41.5 Å². The number of nitrogens with zero attached hydrogens (tertiary/aromatic N) is 1. The van der Waals surface area contributed by atoms with Crippen LogP contribution in [0.3, 0.4) is 0 Å². The second kappa shape index (κ2) is 8.93. The van der Waals surface area contributed by atoms with Gasteiger partial charge in [-0.05, 0) is 37.1 Å². The van der Waals surface area contributed by atoms with E-state index in [9.17, 15) is 4.79 Å². The molecule has 122 valence electrons. The largest absolute Gasteiger partial charge is 0.370 e. The maximum atomic E-state index is 11.8. The zero-order valence-corrected chi connectivity index (χ0v) is 14.5. The molecule has 0 radical (unpaired) electrons. The molecule has 1 aromatic carbocycles. The average molecular weight is 321 g/mol. The van der Waals surface area contributed by atoms with Gasteiger partial charge in [0.05, 0.1) is 0 Å². The Morgan fingerprint density at radius 2 is 2.05 bits per heavy atom. The number of thioether (sulfide) groups is 1. The molecule has 1 aliphatic heterocycles. The number of nitrogens with one attached hydrogen (secondary N) is 2. The second-order valence-electron chi connectivity index (χ2n) is 5.69. The SMILES string of the molecule is CCCCCNC(=O)Nc1ccc(N2CCSCC2)c(C)c1. The Balaban J connectivity index is 1.87. The van der Waals surface area contributed by atoms with Crippen LogP contribution in [-0.4, -0.2) is 37.2 Å². The van der Waals surface area contributed by atoms with Crippen molar-refractivity contribution in [3.63, 3.8) is 0 Å². The Labute approximate surface area is 138 Å². The summed E-state index contributed by atoms with van der Waals surface area (Å²) in [6.45, 7) is 7.22. The molecule has 0 saturated carbocycles. The summed E-state index contributed by atoms with van der Waals surface area (Å²) in [6.07, 6.45) is 3.36. The lowest BCUT2D eigenvalue weighted by Gasteiger charge is -2.30. The molecule has 2 rings (SSSR count). The first-order valence-corrected chi connectivity index (χ1v) is 9.34. The highest BCUT2D eigenvalue weighted by Crippen LogP contribution is 2.26. The van der Waals surface area contributed by atoms with E-state index in [1.54, 1.807) is 0 Å². The molecule has 2 amide bonds. The van der Waals surface area contributed by atoms with Gasteiger partial charge in [0, 0.05) is 42.5 Å². The lowest BCUT2D eigenvalue weighted by Crippen LogP contribution is -2.33. The first kappa shape index (κ1) is 17.0. The van der Waals surface area contributed by atoms with Gasteiger partial charge < -0.3 is 15.5 Å². The zero-order valence-electron chi connectivity index (χ0n) is 13.7. The fourth-order valence-electron chi connectivity index (χ4n) is 2.64. The van der Waals surface area contributed by atoms with Gasteiger partial charge in [-0.25, -0.2) is 4.79 Å². The minimum Gasteiger partial charge on any atom is -0.370 e. The number of unbranched alkanes of at least 4 members (excludes halogenated alkanes) is 2. The third-order valence-corrected chi connectivity index (χ3v) is 4.81. The number of hydrogen-bond acceptors (Lipinski definition) is 3. The van der Waals surface area contributed by atoms with Gasteiger partial charge >= 0.3 is 6.03 Å². The van der Waals surface area contributed by atoms with Crippen molar-refractivity contribution in [3.8, 4) is 0 Å². The van der Waals surface area contributed by atoms with Crippen LogP contribution in [0, 0.1) is 6.92 Å². The summed E-state index contributed by atoms with van der Waals surface area (Å²) in [6, 6.07) is 6.06. The van der Waals surface area contributed by atoms with E-state index in [1.807, 2.05) is 17.8 Å². The molecular formula is C17H27N3OS. The molecule has 0 aliphatic carbocycles. The van der Waals surface area contributed by atoms with Gasteiger partial charge in [0.1, 0.15) is 0 Å². The molecule has 0 unspecified atom stereocenters. The monoisotopic (exact) mass is 321 g/mol. The Morgan fingerprint density at radius 1 is 1.27 bits per heavy atom. The van der Waals surface area contributed by atoms with Crippen molar-refractivity contribution >= 4 is 29.2 Å². The first-order chi connectivity index (χ1) is 10.7. The smallest absolute Gasteiger partial charge is 0.319 e. The van der Waals surface area contributed by atoms with Crippen molar-refractivity contribution in [2.45, 2.75) is 33.1 Å². The predicted octanol–water partition coefficient (Wildman–Crippen LogP) is 3.86. The molecule has 1 fully saturated rings. The van der Waals surface area contributed by atoms with Crippen LogP contribution < -0.4 is 15.5 Å². The third-order valence-electron chi connectivity index (χ3n) is 3.87. The van der Waals surface area contributed by atoms with E-state index in [0.29, 0.717) is 0 Å². The summed E-state index contributed by atoms with van der Waals surface area (Å²) in [5.74, 6) is 2.39. The standard InChI is InChI=1S/C17H27N3OS/c1-3-4-5-8-18-17(21)19-15-6-7-16(14(2)13-15)20-9-11-22-12-10-20/h6-7,13H,3-5,8-12H2,1-2H3,(H2,18,19,21). The molecular weight excluding hydrogens is 294 g/mol. The van der Waals surface area contributed by atoms with Crippen molar-refractivity contribution in [1.29, 1.82) is 0 Å². The first-order valence-electron chi connectivity index (χ1n) is 8.19. The number of hydrogen-bond donors (Lipinski definition) is 2. The number of amides is 2. The summed E-state index contributed by atoms with van der Waals surface area (Å²) in [5.41, 5.74) is 3.37. The summed E-state index contributed by atoms with van der Waals surface area (Å²) in [5, 5.41) is 5.82. The van der Waals surface area contributed by atoms with Gasteiger partial charge in [0.25, 0.3) is 0 Å². The van der Waals surface area contributed by atoms with Crippen molar-refractivity contribution in [2.24, 2.45) is 0 Å². The Kier molecular flexibility index (Phi) is 6.90. The van der Waals surface area contributed by atoms with Gasteiger partial charge in [-0.1, -0.05) is 19.8 Å². The lowest BCUT2D eigenvalue weighted by molar-refractivity contribution is 0.252. The maximum Gasteiger partial charge on any atom is 0.319 e. The summed E-state index contributed by atoms with van der Waals surface area (Å²) < 4.78 is 0. The van der Waals surface area contributed by atoms with E-state index in [4.69, 9.17) is 0 Å². The molecule has 2 N–H and O–H groups in total. The van der Waals surface area contributed by atoms with Crippen LogP contribution in [0.4, 0.5) is 16.2 Å². The normalized spacial score (nSPS) is 14.7. The number of carbonyl (C=O) groups excluding carboxylic acids is 1. The Hall–Kier alpha value is -1.36. The number of anilines is 2. The van der Waals surface area contributed by atoms with Crippen LogP contribution >= 0.6 is 11.8 Å². The second-order valence-corrected chi connectivity index (χ2v) is 6.91. The van der Waals surface area contributed by atoms with Crippen molar-refractivity contribution in [2.75, 3.05) is 41.4 Å². The molecule has 1 saturated heterocycles.